The number of aryl methyl sites for hydroxylation is 1. The number of aliphatic hydroxyl groups excluding tert-OH is 1. The molecule has 2 heterocycles. The zero-order valence-corrected chi connectivity index (χ0v) is 13.1. The van der Waals surface area contributed by atoms with Crippen molar-refractivity contribution in [1.82, 2.24) is 5.32 Å². The van der Waals surface area contributed by atoms with Crippen molar-refractivity contribution in [2.45, 2.75) is 43.4 Å². The van der Waals surface area contributed by atoms with E-state index in [1.165, 1.54) is 16.9 Å². The van der Waals surface area contributed by atoms with Crippen LogP contribution >= 0.6 is 23.1 Å². The fraction of sp³-hybridized carbons (Fsp3) is 0.667. The smallest absolute Gasteiger partial charge is 0.237 e. The van der Waals surface area contributed by atoms with Crippen LogP contribution in [0.25, 0.3) is 0 Å². The molecular weight excluding hydrogens is 290 g/mol. The summed E-state index contributed by atoms with van der Waals surface area (Å²) in [6.07, 6.45) is 5.45. The zero-order chi connectivity index (χ0) is 13.9. The molecule has 0 spiro atoms. The maximum absolute atomic E-state index is 12.6. The van der Waals surface area contributed by atoms with Crippen LogP contribution in [0.1, 0.15) is 41.4 Å². The second-order valence-corrected chi connectivity index (χ2v) is 7.86. The van der Waals surface area contributed by atoms with E-state index < -0.39 is 0 Å². The van der Waals surface area contributed by atoms with Gasteiger partial charge in [0.15, 0.2) is 0 Å². The number of thiophene rings is 1. The predicted octanol–water partition coefficient (Wildman–Crippen LogP) is 2.75. The Morgan fingerprint density at radius 1 is 1.40 bits per heavy atom. The summed E-state index contributed by atoms with van der Waals surface area (Å²) >= 11 is 3.51. The quantitative estimate of drug-likeness (QED) is 0.902. The minimum atomic E-state index is -0.0498. The van der Waals surface area contributed by atoms with E-state index in [1.54, 1.807) is 23.1 Å². The molecule has 2 N–H and O–H groups in total. The molecule has 20 heavy (non-hydrogen) atoms. The number of amides is 1. The number of fused-ring (bicyclic) bond motifs is 1. The van der Waals surface area contributed by atoms with Gasteiger partial charge >= 0.3 is 0 Å². The Balaban J connectivity index is 1.68. The third kappa shape index (κ3) is 2.90. The molecule has 3 atom stereocenters. The van der Waals surface area contributed by atoms with Crippen molar-refractivity contribution in [1.29, 1.82) is 0 Å². The van der Waals surface area contributed by atoms with Gasteiger partial charge in [-0.25, -0.2) is 0 Å². The fourth-order valence-corrected chi connectivity index (χ4v) is 5.54. The van der Waals surface area contributed by atoms with Crippen LogP contribution in [0.3, 0.4) is 0 Å². The highest BCUT2D eigenvalue weighted by molar-refractivity contribution is 8.00. The highest BCUT2D eigenvalue weighted by atomic mass is 32.2. The molecule has 1 amide bonds. The van der Waals surface area contributed by atoms with Gasteiger partial charge in [0.05, 0.1) is 0 Å². The van der Waals surface area contributed by atoms with Crippen LogP contribution in [0, 0.1) is 5.92 Å². The van der Waals surface area contributed by atoms with Crippen LogP contribution in [0.2, 0.25) is 0 Å². The molecule has 0 saturated heterocycles. The Morgan fingerprint density at radius 2 is 2.25 bits per heavy atom. The van der Waals surface area contributed by atoms with Crippen LogP contribution in [-0.2, 0) is 11.2 Å². The third-order valence-electron chi connectivity index (χ3n) is 4.39. The topological polar surface area (TPSA) is 49.3 Å². The van der Waals surface area contributed by atoms with Crippen LogP contribution in [0.5, 0.6) is 0 Å². The van der Waals surface area contributed by atoms with E-state index in [0.717, 1.165) is 31.4 Å². The van der Waals surface area contributed by atoms with E-state index in [2.05, 4.69) is 16.8 Å². The zero-order valence-electron chi connectivity index (χ0n) is 11.5. The van der Waals surface area contributed by atoms with Gasteiger partial charge < -0.3 is 10.4 Å². The Hall–Kier alpha value is -0.520. The number of carbonyl (C=O) groups excluding carboxylic acids is 1. The summed E-state index contributed by atoms with van der Waals surface area (Å²) in [5.74, 6) is 1.41. The first-order valence-electron chi connectivity index (χ1n) is 7.38. The van der Waals surface area contributed by atoms with Gasteiger partial charge in [0, 0.05) is 23.4 Å². The number of thioether (sulfide) groups is 1. The first-order valence-corrected chi connectivity index (χ1v) is 9.31. The summed E-state index contributed by atoms with van der Waals surface area (Å²) in [6, 6.07) is 2.26. The van der Waals surface area contributed by atoms with Crippen molar-refractivity contribution >= 4 is 29.0 Å². The van der Waals surface area contributed by atoms with Gasteiger partial charge in [0.2, 0.25) is 5.91 Å². The molecule has 1 fully saturated rings. The summed E-state index contributed by atoms with van der Waals surface area (Å²) in [7, 11) is 0. The van der Waals surface area contributed by atoms with E-state index in [9.17, 15) is 9.90 Å². The highest BCUT2D eigenvalue weighted by Crippen LogP contribution is 2.39. The Labute approximate surface area is 128 Å². The Bertz CT molecular complexity index is 474. The first kappa shape index (κ1) is 14.4. The number of aliphatic hydroxyl groups is 1. The summed E-state index contributed by atoms with van der Waals surface area (Å²) < 4.78 is 0. The molecule has 1 aliphatic heterocycles. The molecule has 0 aromatic carbocycles. The average Bonchev–Trinajstić information content (AvgIpc) is 2.96. The minimum absolute atomic E-state index is 0.0498. The van der Waals surface area contributed by atoms with Crippen molar-refractivity contribution in [3.63, 3.8) is 0 Å². The van der Waals surface area contributed by atoms with Gasteiger partial charge in [0.1, 0.15) is 5.25 Å². The number of nitrogens with one attached hydrogen (secondary N) is 1. The van der Waals surface area contributed by atoms with Crippen molar-refractivity contribution in [3.05, 3.63) is 21.9 Å². The number of hydrogen-bond acceptors (Lipinski definition) is 4. The van der Waals surface area contributed by atoms with E-state index >= 15 is 0 Å². The molecule has 3 unspecified atom stereocenters. The monoisotopic (exact) mass is 311 g/mol. The van der Waals surface area contributed by atoms with Crippen molar-refractivity contribution in [2.24, 2.45) is 5.92 Å². The highest BCUT2D eigenvalue weighted by Gasteiger charge is 2.32. The summed E-state index contributed by atoms with van der Waals surface area (Å²) in [5, 5.41) is 14.7. The van der Waals surface area contributed by atoms with Crippen LogP contribution in [-0.4, -0.2) is 29.4 Å². The number of hydrogen-bond donors (Lipinski definition) is 2. The summed E-state index contributed by atoms with van der Waals surface area (Å²) in [6.45, 7) is 0.187. The van der Waals surface area contributed by atoms with Gasteiger partial charge in [-0.2, -0.15) is 0 Å². The molecule has 1 aliphatic carbocycles. The van der Waals surface area contributed by atoms with E-state index in [-0.39, 0.29) is 29.7 Å². The molecule has 3 rings (SSSR count). The maximum Gasteiger partial charge on any atom is 0.237 e. The van der Waals surface area contributed by atoms with Crippen molar-refractivity contribution in [2.75, 3.05) is 12.4 Å². The largest absolute Gasteiger partial charge is 0.396 e. The molecule has 1 aromatic rings. The molecule has 0 bridgehead atoms. The average molecular weight is 311 g/mol. The van der Waals surface area contributed by atoms with E-state index in [4.69, 9.17) is 0 Å². The lowest BCUT2D eigenvalue weighted by molar-refractivity contribution is -0.122. The number of rotatable bonds is 3. The van der Waals surface area contributed by atoms with Gasteiger partial charge in [-0.15, -0.1) is 23.1 Å². The maximum atomic E-state index is 12.6. The molecule has 110 valence electrons. The predicted molar refractivity (Wildman–Crippen MR) is 84.2 cm³/mol. The Kier molecular flexibility index (Phi) is 4.68. The molecular formula is C15H21NO2S2. The van der Waals surface area contributed by atoms with Gasteiger partial charge in [-0.05, 0) is 42.0 Å². The van der Waals surface area contributed by atoms with Gasteiger partial charge in [0.25, 0.3) is 0 Å². The molecule has 3 nitrogen and oxygen atoms in total. The lowest BCUT2D eigenvalue weighted by Gasteiger charge is -2.32. The lowest BCUT2D eigenvalue weighted by Crippen LogP contribution is -2.45. The van der Waals surface area contributed by atoms with Crippen LogP contribution < -0.4 is 5.32 Å². The van der Waals surface area contributed by atoms with Gasteiger partial charge in [-0.3, -0.25) is 4.79 Å². The first-order chi connectivity index (χ1) is 9.79. The Morgan fingerprint density at radius 3 is 3.10 bits per heavy atom. The normalized spacial score (nSPS) is 29.8. The van der Waals surface area contributed by atoms with Crippen molar-refractivity contribution in [3.8, 4) is 0 Å². The fourth-order valence-electron chi connectivity index (χ4n) is 3.24. The molecule has 5 heteroatoms. The van der Waals surface area contributed by atoms with Crippen LogP contribution in [0.4, 0.5) is 0 Å². The minimum Gasteiger partial charge on any atom is -0.396 e. The van der Waals surface area contributed by atoms with Crippen LogP contribution in [0.15, 0.2) is 11.4 Å². The standard InChI is InChI=1S/C15H21NO2S2/c17-9-10-3-1-2-4-12(10)16-15(18)14-11-5-7-19-13(11)6-8-20-14/h5,7,10,12,14,17H,1-4,6,8-9H2,(H,16,18). The van der Waals surface area contributed by atoms with Crippen molar-refractivity contribution < 1.29 is 9.90 Å². The molecule has 1 saturated carbocycles. The second kappa shape index (κ2) is 6.50. The third-order valence-corrected chi connectivity index (χ3v) is 6.62. The number of carbonyl (C=O) groups is 1. The lowest BCUT2D eigenvalue weighted by atomic mass is 9.85. The SMILES string of the molecule is O=C(NC1CCCCC1CO)C1SCCc2sccc21. The van der Waals surface area contributed by atoms with E-state index in [1.807, 2.05) is 0 Å². The van der Waals surface area contributed by atoms with Gasteiger partial charge in [-0.1, -0.05) is 12.8 Å². The summed E-state index contributed by atoms with van der Waals surface area (Å²) in [5.41, 5.74) is 1.21. The second-order valence-electron chi connectivity index (χ2n) is 5.64. The molecule has 1 aromatic heterocycles. The molecule has 0 radical (unpaired) electrons. The molecule has 2 aliphatic rings. The van der Waals surface area contributed by atoms with E-state index in [0.29, 0.717) is 0 Å². The summed E-state index contributed by atoms with van der Waals surface area (Å²) in [4.78, 5) is 13.9.